The molecule has 160 valence electrons. The second-order valence-electron chi connectivity index (χ2n) is 8.12. The lowest BCUT2D eigenvalue weighted by Crippen LogP contribution is -2.31. The number of carbonyl (C=O) groups is 1. The summed E-state index contributed by atoms with van der Waals surface area (Å²) in [5, 5.41) is 2.72. The van der Waals surface area contributed by atoms with Crippen molar-refractivity contribution in [1.29, 1.82) is 0 Å². The molecule has 0 fully saturated rings. The van der Waals surface area contributed by atoms with Crippen LogP contribution >= 0.6 is 15.9 Å². The number of rotatable bonds is 3. The number of fused-ring (bicyclic) bond motifs is 4. The number of ether oxygens (including phenoxy) is 1. The van der Waals surface area contributed by atoms with Crippen LogP contribution in [0.3, 0.4) is 0 Å². The van der Waals surface area contributed by atoms with E-state index in [0.717, 1.165) is 20.8 Å². The molecule has 2 heterocycles. The third-order valence-electron chi connectivity index (χ3n) is 6.18. The Morgan fingerprint density at radius 3 is 2.36 bits per heavy atom. The van der Waals surface area contributed by atoms with Crippen LogP contribution in [0.5, 0.6) is 5.75 Å². The maximum atomic E-state index is 13.8. The minimum Gasteiger partial charge on any atom is -0.480 e. The minimum absolute atomic E-state index is 0.173. The first kappa shape index (κ1) is 19.9. The van der Waals surface area contributed by atoms with Gasteiger partial charge in [0, 0.05) is 10.0 Å². The lowest BCUT2D eigenvalue weighted by molar-refractivity contribution is 0.0808. The second kappa shape index (κ2) is 7.71. The first-order valence-corrected chi connectivity index (χ1v) is 11.4. The molecule has 1 aromatic heterocycles. The van der Waals surface area contributed by atoms with Crippen LogP contribution < -0.4 is 10.4 Å². The molecule has 2 atom stereocenters. The number of ketones is 1. The van der Waals surface area contributed by atoms with E-state index in [4.69, 9.17) is 9.15 Å². The van der Waals surface area contributed by atoms with Crippen molar-refractivity contribution in [3.05, 3.63) is 123 Å². The molecular formula is C28H17BrO4. The number of carbonyl (C=O) groups excluding carboxylic acids is 1. The van der Waals surface area contributed by atoms with E-state index in [2.05, 4.69) is 15.9 Å². The molecule has 0 N–H and O–H groups in total. The molecule has 0 aliphatic carbocycles. The number of hydrogen-bond acceptors (Lipinski definition) is 4. The first-order valence-electron chi connectivity index (χ1n) is 10.6. The molecule has 4 nitrogen and oxygen atoms in total. The van der Waals surface area contributed by atoms with Crippen molar-refractivity contribution in [3.63, 3.8) is 0 Å². The van der Waals surface area contributed by atoms with Gasteiger partial charge in [-0.2, -0.15) is 0 Å². The van der Waals surface area contributed by atoms with E-state index in [9.17, 15) is 9.59 Å². The van der Waals surface area contributed by atoms with Crippen molar-refractivity contribution in [2.45, 2.75) is 12.0 Å². The molecule has 5 heteroatoms. The van der Waals surface area contributed by atoms with Crippen LogP contribution in [0, 0.1) is 0 Å². The SMILES string of the molecule is O=C(c1ccc2ccccc2c1)[C@H]1Oc2c(c(=O)oc3ccccc23)[C@@H]1c1ccc(Br)cc1. The molecule has 0 bridgehead atoms. The zero-order chi connectivity index (χ0) is 22.5. The molecule has 1 aliphatic rings. The van der Waals surface area contributed by atoms with Crippen molar-refractivity contribution in [2.75, 3.05) is 0 Å². The second-order valence-corrected chi connectivity index (χ2v) is 9.04. The number of Topliss-reactive ketones (excluding diaryl/α,β-unsaturated/α-hetero) is 1. The molecule has 0 amide bonds. The smallest absolute Gasteiger partial charge is 0.344 e. The van der Waals surface area contributed by atoms with E-state index in [1.54, 1.807) is 12.1 Å². The summed E-state index contributed by atoms with van der Waals surface area (Å²) >= 11 is 3.46. The number of para-hydroxylation sites is 1. The normalized spacial score (nSPS) is 17.1. The fourth-order valence-corrected chi connectivity index (χ4v) is 4.87. The van der Waals surface area contributed by atoms with Gasteiger partial charge in [-0.05, 0) is 46.7 Å². The summed E-state index contributed by atoms with van der Waals surface area (Å²) in [7, 11) is 0. The molecule has 1 aliphatic heterocycles. The third kappa shape index (κ3) is 3.28. The number of halogens is 1. The van der Waals surface area contributed by atoms with Crippen LogP contribution in [-0.4, -0.2) is 11.9 Å². The highest BCUT2D eigenvalue weighted by Gasteiger charge is 2.44. The fraction of sp³-hybridized carbons (Fsp3) is 0.0714. The predicted octanol–water partition coefficient (Wildman–Crippen LogP) is 6.48. The summed E-state index contributed by atoms with van der Waals surface area (Å²) in [6.45, 7) is 0. The van der Waals surface area contributed by atoms with Gasteiger partial charge in [-0.3, -0.25) is 4.79 Å². The highest BCUT2D eigenvalue weighted by molar-refractivity contribution is 9.10. The van der Waals surface area contributed by atoms with Gasteiger partial charge in [-0.1, -0.05) is 76.6 Å². The Labute approximate surface area is 197 Å². The topological polar surface area (TPSA) is 56.5 Å². The zero-order valence-corrected chi connectivity index (χ0v) is 18.9. The Hall–Kier alpha value is -3.70. The zero-order valence-electron chi connectivity index (χ0n) is 17.3. The molecule has 6 rings (SSSR count). The van der Waals surface area contributed by atoms with Crippen LogP contribution in [0.2, 0.25) is 0 Å². The Morgan fingerprint density at radius 2 is 1.55 bits per heavy atom. The maximum absolute atomic E-state index is 13.8. The van der Waals surface area contributed by atoms with Crippen molar-refractivity contribution < 1.29 is 13.9 Å². The van der Waals surface area contributed by atoms with Crippen LogP contribution in [0.25, 0.3) is 21.7 Å². The van der Waals surface area contributed by atoms with Crippen molar-refractivity contribution in [3.8, 4) is 5.75 Å². The monoisotopic (exact) mass is 496 g/mol. The average Bonchev–Trinajstić information content (AvgIpc) is 3.25. The van der Waals surface area contributed by atoms with E-state index < -0.39 is 17.6 Å². The van der Waals surface area contributed by atoms with Gasteiger partial charge in [0.15, 0.2) is 6.10 Å². The van der Waals surface area contributed by atoms with Crippen LogP contribution in [0.4, 0.5) is 0 Å². The fourth-order valence-electron chi connectivity index (χ4n) is 4.60. The van der Waals surface area contributed by atoms with Gasteiger partial charge in [0.1, 0.15) is 11.3 Å². The molecule has 0 saturated heterocycles. The van der Waals surface area contributed by atoms with E-state index in [0.29, 0.717) is 27.8 Å². The lowest BCUT2D eigenvalue weighted by Gasteiger charge is -2.18. The van der Waals surface area contributed by atoms with E-state index in [1.807, 2.05) is 78.9 Å². The van der Waals surface area contributed by atoms with Gasteiger partial charge < -0.3 is 9.15 Å². The van der Waals surface area contributed by atoms with Crippen molar-refractivity contribution in [2.24, 2.45) is 0 Å². The van der Waals surface area contributed by atoms with Gasteiger partial charge >= 0.3 is 5.63 Å². The molecule has 0 radical (unpaired) electrons. The first-order chi connectivity index (χ1) is 16.1. The summed E-state index contributed by atoms with van der Waals surface area (Å²) in [4.78, 5) is 26.9. The van der Waals surface area contributed by atoms with Crippen LogP contribution in [0.15, 0.2) is 105 Å². The molecule has 0 spiro atoms. The van der Waals surface area contributed by atoms with Crippen molar-refractivity contribution >= 4 is 43.5 Å². The van der Waals surface area contributed by atoms with Gasteiger partial charge in [-0.25, -0.2) is 4.79 Å². The molecule has 33 heavy (non-hydrogen) atoms. The Bertz CT molecular complexity index is 1600. The van der Waals surface area contributed by atoms with Crippen molar-refractivity contribution in [1.82, 2.24) is 0 Å². The number of benzene rings is 4. The Morgan fingerprint density at radius 1 is 0.818 bits per heavy atom. The summed E-state index contributed by atoms with van der Waals surface area (Å²) in [5.41, 5.74) is 1.70. The lowest BCUT2D eigenvalue weighted by atomic mass is 9.85. The van der Waals surface area contributed by atoms with Crippen LogP contribution in [-0.2, 0) is 0 Å². The molecular weight excluding hydrogens is 480 g/mol. The van der Waals surface area contributed by atoms with E-state index >= 15 is 0 Å². The van der Waals surface area contributed by atoms with E-state index in [-0.39, 0.29) is 5.78 Å². The third-order valence-corrected chi connectivity index (χ3v) is 6.71. The molecule has 0 saturated carbocycles. The maximum Gasteiger partial charge on any atom is 0.344 e. The number of hydrogen-bond donors (Lipinski definition) is 0. The minimum atomic E-state index is -0.879. The average molecular weight is 497 g/mol. The summed E-state index contributed by atoms with van der Waals surface area (Å²) in [5.74, 6) is -0.324. The molecule has 0 unspecified atom stereocenters. The van der Waals surface area contributed by atoms with Gasteiger partial charge in [0.25, 0.3) is 0 Å². The van der Waals surface area contributed by atoms with Gasteiger partial charge in [0.2, 0.25) is 5.78 Å². The summed E-state index contributed by atoms with van der Waals surface area (Å²) in [6.07, 6.45) is -0.879. The highest BCUT2D eigenvalue weighted by atomic mass is 79.9. The highest BCUT2D eigenvalue weighted by Crippen LogP contribution is 2.45. The van der Waals surface area contributed by atoms with Gasteiger partial charge in [0.05, 0.1) is 16.9 Å². The Kier molecular flexibility index (Phi) is 4.66. The predicted molar refractivity (Wildman–Crippen MR) is 131 cm³/mol. The summed E-state index contributed by atoms with van der Waals surface area (Å²) < 4.78 is 12.8. The standard InChI is InChI=1S/C28H17BrO4/c29-20-13-11-17(12-14-20)23-24-26(21-7-3-4-8-22(21)32-28(24)31)33-27(23)25(30)19-10-9-16-5-1-2-6-18(16)15-19/h1-15,23,27H/t23-,27-/m0/s1. The molecule has 4 aromatic carbocycles. The van der Waals surface area contributed by atoms with Gasteiger partial charge in [-0.15, -0.1) is 0 Å². The van der Waals surface area contributed by atoms with E-state index in [1.165, 1.54) is 0 Å². The van der Waals surface area contributed by atoms with Crippen LogP contribution in [0.1, 0.15) is 27.4 Å². The summed E-state index contributed by atoms with van der Waals surface area (Å²) in [6, 6.07) is 28.4. The molecule has 5 aromatic rings. The largest absolute Gasteiger partial charge is 0.480 e. The Balaban J connectivity index is 1.54. The quantitative estimate of drug-likeness (QED) is 0.211.